The van der Waals surface area contributed by atoms with Gasteiger partial charge in [0.25, 0.3) is 0 Å². The van der Waals surface area contributed by atoms with E-state index in [1.54, 1.807) is 65.1 Å². The molecule has 4 saturated carbocycles. The van der Waals surface area contributed by atoms with Crippen LogP contribution >= 0.6 is 0 Å². The molecular weight excluding hydrogens is 1050 g/mol. The van der Waals surface area contributed by atoms with Gasteiger partial charge >= 0.3 is 11.9 Å². The third-order valence-corrected chi connectivity index (χ3v) is 20.4. The maximum atomic E-state index is 13.9. The highest BCUT2D eigenvalue weighted by molar-refractivity contribution is 5.89. The molecule has 23 heteroatoms. The number of aliphatic hydroxyl groups is 8. The molecule has 4 saturated heterocycles. The first-order valence-corrected chi connectivity index (χ1v) is 28.6. The molecule has 0 bridgehead atoms. The van der Waals surface area contributed by atoms with Crippen LogP contribution in [-0.4, -0.2) is 226 Å². The second kappa shape index (κ2) is 24.0. The van der Waals surface area contributed by atoms with E-state index in [1.807, 2.05) is 6.92 Å². The van der Waals surface area contributed by atoms with E-state index >= 15 is 0 Å². The fraction of sp³-hybridized carbons (Fsp3) is 0.860. The zero-order chi connectivity index (χ0) is 58.0. The summed E-state index contributed by atoms with van der Waals surface area (Å²) in [6, 6.07) is 8.53. The number of esters is 2. The lowest BCUT2D eigenvalue weighted by molar-refractivity contribution is -0.373. The van der Waals surface area contributed by atoms with Crippen molar-refractivity contribution in [3.05, 3.63) is 35.9 Å². The van der Waals surface area contributed by atoms with Crippen molar-refractivity contribution in [2.24, 2.45) is 22.7 Å². The minimum atomic E-state index is -1.93. The van der Waals surface area contributed by atoms with Crippen molar-refractivity contribution in [2.75, 3.05) is 27.9 Å². The first kappa shape index (κ1) is 61.9. The Hall–Kier alpha value is -2.60. The Morgan fingerprint density at radius 3 is 1.88 bits per heavy atom. The Kier molecular flexibility index (Phi) is 18.6. The molecule has 0 spiro atoms. The predicted molar refractivity (Wildman–Crippen MR) is 276 cm³/mol. The van der Waals surface area contributed by atoms with Crippen molar-refractivity contribution in [1.29, 1.82) is 0 Å². The minimum absolute atomic E-state index is 0.00257. The van der Waals surface area contributed by atoms with Gasteiger partial charge in [-0.1, -0.05) is 32.0 Å². The fourth-order valence-electron chi connectivity index (χ4n) is 15.8. The highest BCUT2D eigenvalue weighted by Gasteiger charge is 2.82. The summed E-state index contributed by atoms with van der Waals surface area (Å²) >= 11 is 0. The molecule has 28 atom stereocenters. The molecule has 4 aliphatic carbocycles. The van der Waals surface area contributed by atoms with Crippen LogP contribution in [-0.2, 0) is 66.4 Å². The number of benzene rings is 1. The van der Waals surface area contributed by atoms with Crippen molar-refractivity contribution in [3.8, 4) is 0 Å². The summed E-state index contributed by atoms with van der Waals surface area (Å²) in [6.45, 7) is 11.3. The Balaban J connectivity index is 0.817. The SMILES string of the molecule is COC1CC(OC2CCC3(C)C(CCC4(O)C3CC(OC(=O)c3ccccc3)C3(C)C(O)(C(C)OC(C)=O)CCC43O)C2)OC(C)C1OC1CC(OC)C(OC2OC(C)C(OC3OC(CO)C(O)C(O)C3O)C(OC)C2O)C(C)O1. The van der Waals surface area contributed by atoms with Gasteiger partial charge in [-0.05, 0) is 108 Å². The lowest BCUT2D eigenvalue weighted by Crippen LogP contribution is -2.79. The standard InChI is InChI=1S/C57H88O23/c1-27-46(78-41-24-36(69-9)47(28(2)72-41)79-52-45(63)49(70-10)48(29(3)73-52)80-51-44(62)43(61)42(60)37(26-58)76-51)35(68-8)23-40(71-27)75-34-17-18-53(6)33(22-34)16-19-56(66)38(53)25-39(77-50(64)32-14-12-11-13-15-32)54(7)55(65,20-21-57(54,56)67)30(4)74-31(5)59/h11-15,27-30,33-49,51-52,58,60-63,65-67H,16-26H2,1-10H3. The van der Waals surface area contributed by atoms with Gasteiger partial charge in [-0.3, -0.25) is 4.79 Å². The number of carbonyl (C=O) groups excluding carboxylic acids is 2. The van der Waals surface area contributed by atoms with Crippen LogP contribution in [0, 0.1) is 22.7 Å². The molecule has 8 N–H and O–H groups in total. The Labute approximate surface area is 467 Å². The van der Waals surface area contributed by atoms with Gasteiger partial charge in [-0.15, -0.1) is 0 Å². The fourth-order valence-corrected chi connectivity index (χ4v) is 15.8. The second-order valence-corrected chi connectivity index (χ2v) is 24.4. The molecule has 454 valence electrons. The Morgan fingerprint density at radius 2 is 1.26 bits per heavy atom. The summed E-state index contributed by atoms with van der Waals surface area (Å²) in [4.78, 5) is 26.2. The van der Waals surface area contributed by atoms with Gasteiger partial charge in [-0.2, -0.15) is 0 Å². The van der Waals surface area contributed by atoms with E-state index in [2.05, 4.69) is 6.92 Å². The van der Waals surface area contributed by atoms with Crippen LogP contribution in [0.2, 0.25) is 0 Å². The number of methoxy groups -OCH3 is 3. The zero-order valence-corrected chi connectivity index (χ0v) is 47.6. The van der Waals surface area contributed by atoms with Crippen LogP contribution < -0.4 is 0 Å². The molecular formula is C57H88O23. The van der Waals surface area contributed by atoms with Crippen LogP contribution in [0.5, 0.6) is 0 Å². The van der Waals surface area contributed by atoms with Crippen LogP contribution in [0.1, 0.15) is 123 Å². The van der Waals surface area contributed by atoms with Gasteiger partial charge in [-0.25, -0.2) is 4.79 Å². The predicted octanol–water partition coefficient (Wildman–Crippen LogP) is 1.54. The summed E-state index contributed by atoms with van der Waals surface area (Å²) in [7, 11) is 4.50. The van der Waals surface area contributed by atoms with E-state index in [9.17, 15) is 50.4 Å². The van der Waals surface area contributed by atoms with Gasteiger partial charge in [0.1, 0.15) is 78.3 Å². The average Bonchev–Trinajstić information content (AvgIpc) is 3.82. The van der Waals surface area contributed by atoms with E-state index in [4.69, 9.17) is 61.6 Å². The Morgan fingerprint density at radius 1 is 0.662 bits per heavy atom. The summed E-state index contributed by atoms with van der Waals surface area (Å²) in [5, 5.41) is 91.5. The van der Waals surface area contributed by atoms with E-state index < -0.39 is 175 Å². The minimum Gasteiger partial charge on any atom is -0.460 e. The van der Waals surface area contributed by atoms with Crippen LogP contribution in [0.3, 0.4) is 0 Å². The van der Waals surface area contributed by atoms with Crippen LogP contribution in [0.4, 0.5) is 0 Å². The van der Waals surface area contributed by atoms with Crippen LogP contribution in [0.15, 0.2) is 30.3 Å². The number of carbonyl (C=O) groups is 2. The number of hydrogen-bond acceptors (Lipinski definition) is 23. The van der Waals surface area contributed by atoms with E-state index in [-0.39, 0.29) is 44.1 Å². The van der Waals surface area contributed by atoms with E-state index in [0.717, 1.165) is 0 Å². The Bertz CT molecular complexity index is 2260. The summed E-state index contributed by atoms with van der Waals surface area (Å²) in [6.07, 6.45) is -17.2. The normalized spacial score (nSPS) is 49.9. The maximum absolute atomic E-state index is 13.9. The monoisotopic (exact) mass is 1140 g/mol. The van der Waals surface area contributed by atoms with Crippen molar-refractivity contribution >= 4 is 11.9 Å². The second-order valence-electron chi connectivity index (χ2n) is 24.4. The first-order chi connectivity index (χ1) is 37.8. The smallest absolute Gasteiger partial charge is 0.338 e. The van der Waals surface area contributed by atoms with Crippen molar-refractivity contribution in [2.45, 2.75) is 258 Å². The lowest BCUT2D eigenvalue weighted by atomic mass is 9.40. The molecule has 8 aliphatic rings. The molecule has 1 aromatic rings. The van der Waals surface area contributed by atoms with E-state index in [0.29, 0.717) is 37.7 Å². The molecule has 28 unspecified atom stereocenters. The topological polar surface area (TPSA) is 316 Å². The van der Waals surface area contributed by atoms with Crippen molar-refractivity contribution < 1.29 is 112 Å². The largest absolute Gasteiger partial charge is 0.460 e. The molecule has 0 amide bonds. The quantitative estimate of drug-likeness (QED) is 0.0860. The third-order valence-electron chi connectivity index (χ3n) is 20.4. The number of aliphatic hydroxyl groups excluding tert-OH is 5. The number of hydrogen-bond donors (Lipinski definition) is 8. The molecule has 0 aromatic heterocycles. The number of rotatable bonds is 16. The van der Waals surface area contributed by atoms with Gasteiger partial charge in [0, 0.05) is 41.1 Å². The van der Waals surface area contributed by atoms with Crippen LogP contribution in [0.25, 0.3) is 0 Å². The highest BCUT2D eigenvalue weighted by atomic mass is 16.8. The molecule has 23 nitrogen and oxygen atoms in total. The van der Waals surface area contributed by atoms with Gasteiger partial charge in [0.05, 0.1) is 59.8 Å². The summed E-state index contributed by atoms with van der Waals surface area (Å²) in [5.74, 6) is -1.73. The number of ether oxygens (including phenoxy) is 13. The molecule has 4 heterocycles. The maximum Gasteiger partial charge on any atom is 0.338 e. The van der Waals surface area contributed by atoms with Crippen molar-refractivity contribution in [3.63, 3.8) is 0 Å². The molecule has 0 radical (unpaired) electrons. The van der Waals surface area contributed by atoms with E-state index in [1.165, 1.54) is 21.1 Å². The summed E-state index contributed by atoms with van der Waals surface area (Å²) in [5.41, 5.74) is -7.33. The summed E-state index contributed by atoms with van der Waals surface area (Å²) < 4.78 is 80.1. The van der Waals surface area contributed by atoms with Crippen molar-refractivity contribution in [1.82, 2.24) is 0 Å². The molecule has 4 aliphatic heterocycles. The molecule has 9 rings (SSSR count). The average molecular weight is 1140 g/mol. The van der Waals surface area contributed by atoms with Gasteiger partial charge in [0.2, 0.25) is 0 Å². The molecule has 80 heavy (non-hydrogen) atoms. The third kappa shape index (κ3) is 10.7. The van der Waals surface area contributed by atoms with Gasteiger partial charge < -0.3 is 102 Å². The number of fused-ring (bicyclic) bond motifs is 5. The lowest BCUT2D eigenvalue weighted by Gasteiger charge is -2.69. The zero-order valence-electron chi connectivity index (χ0n) is 47.6. The molecule has 8 fully saturated rings. The van der Waals surface area contributed by atoms with Gasteiger partial charge in [0.15, 0.2) is 25.2 Å². The highest BCUT2D eigenvalue weighted by Crippen LogP contribution is 2.72. The molecule has 1 aromatic carbocycles. The first-order valence-electron chi connectivity index (χ1n) is 28.6.